The molecule has 0 unspecified atom stereocenters. The van der Waals surface area contributed by atoms with Crippen LogP contribution in [0, 0.1) is 12.8 Å². The van der Waals surface area contributed by atoms with E-state index in [0.29, 0.717) is 5.69 Å². The Bertz CT molecular complexity index is 342. The van der Waals surface area contributed by atoms with Crippen molar-refractivity contribution in [2.24, 2.45) is 5.92 Å². The minimum Gasteiger partial charge on any atom is -0.476 e. The zero-order valence-corrected chi connectivity index (χ0v) is 9.49. The van der Waals surface area contributed by atoms with Gasteiger partial charge in [0.05, 0.1) is 12.3 Å². The van der Waals surface area contributed by atoms with Crippen molar-refractivity contribution in [3.8, 4) is 5.88 Å². The standard InChI is InChI=1S/C11H19N3O/c1-3-6-14-11(10(12)8(2)13-14)15-7-9-4-5-9/h9H,3-7,12H2,1-2H3. The van der Waals surface area contributed by atoms with Crippen LogP contribution in [0.2, 0.25) is 0 Å². The maximum atomic E-state index is 5.93. The van der Waals surface area contributed by atoms with Gasteiger partial charge in [-0.2, -0.15) is 5.10 Å². The highest BCUT2D eigenvalue weighted by Crippen LogP contribution is 2.32. The SMILES string of the molecule is CCCn1nc(C)c(N)c1OCC1CC1. The Kier molecular flexibility index (Phi) is 2.84. The van der Waals surface area contributed by atoms with Crippen molar-refractivity contribution in [2.75, 3.05) is 12.3 Å². The number of ether oxygens (including phenoxy) is 1. The molecule has 0 bridgehead atoms. The van der Waals surface area contributed by atoms with E-state index in [1.54, 1.807) is 0 Å². The number of rotatable bonds is 5. The maximum Gasteiger partial charge on any atom is 0.236 e. The van der Waals surface area contributed by atoms with Crippen LogP contribution in [0.15, 0.2) is 0 Å². The Labute approximate surface area is 90.4 Å². The molecule has 4 heteroatoms. The lowest BCUT2D eigenvalue weighted by Crippen LogP contribution is -2.08. The van der Waals surface area contributed by atoms with Crippen molar-refractivity contribution in [2.45, 2.75) is 39.7 Å². The van der Waals surface area contributed by atoms with E-state index in [4.69, 9.17) is 10.5 Å². The number of anilines is 1. The third kappa shape index (κ3) is 2.25. The predicted octanol–water partition coefficient (Wildman–Crippen LogP) is 1.97. The molecular formula is C11H19N3O. The zero-order valence-electron chi connectivity index (χ0n) is 9.49. The van der Waals surface area contributed by atoms with Crippen molar-refractivity contribution in [1.29, 1.82) is 0 Å². The van der Waals surface area contributed by atoms with E-state index in [1.165, 1.54) is 12.8 Å². The molecule has 1 fully saturated rings. The van der Waals surface area contributed by atoms with Crippen molar-refractivity contribution in [3.63, 3.8) is 0 Å². The molecule has 2 N–H and O–H groups in total. The number of aryl methyl sites for hydroxylation is 2. The number of hydrogen-bond donors (Lipinski definition) is 1. The minimum absolute atomic E-state index is 0.698. The Morgan fingerprint density at radius 1 is 1.53 bits per heavy atom. The Balaban J connectivity index is 2.09. The molecule has 1 aromatic rings. The van der Waals surface area contributed by atoms with Crippen LogP contribution in [-0.2, 0) is 6.54 Å². The van der Waals surface area contributed by atoms with Gasteiger partial charge >= 0.3 is 0 Å². The van der Waals surface area contributed by atoms with Gasteiger partial charge in [-0.3, -0.25) is 0 Å². The highest BCUT2D eigenvalue weighted by molar-refractivity contribution is 5.52. The van der Waals surface area contributed by atoms with Gasteiger partial charge in [-0.15, -0.1) is 0 Å². The van der Waals surface area contributed by atoms with Crippen molar-refractivity contribution in [1.82, 2.24) is 9.78 Å². The van der Waals surface area contributed by atoms with E-state index in [2.05, 4.69) is 12.0 Å². The van der Waals surface area contributed by atoms with Crippen molar-refractivity contribution in [3.05, 3.63) is 5.69 Å². The average molecular weight is 209 g/mol. The smallest absolute Gasteiger partial charge is 0.236 e. The van der Waals surface area contributed by atoms with Gasteiger partial charge in [-0.05, 0) is 32.1 Å². The molecule has 1 heterocycles. The van der Waals surface area contributed by atoms with E-state index in [-0.39, 0.29) is 0 Å². The highest BCUT2D eigenvalue weighted by atomic mass is 16.5. The van der Waals surface area contributed by atoms with Gasteiger partial charge < -0.3 is 10.5 Å². The van der Waals surface area contributed by atoms with E-state index in [9.17, 15) is 0 Å². The molecular weight excluding hydrogens is 190 g/mol. The van der Waals surface area contributed by atoms with Crippen LogP contribution in [0.5, 0.6) is 5.88 Å². The molecule has 0 aliphatic heterocycles. The largest absolute Gasteiger partial charge is 0.476 e. The third-order valence-electron chi connectivity index (χ3n) is 2.71. The Hall–Kier alpha value is -1.19. The molecule has 1 saturated carbocycles. The first-order valence-electron chi connectivity index (χ1n) is 5.68. The quantitative estimate of drug-likeness (QED) is 0.806. The molecule has 0 amide bonds. The van der Waals surface area contributed by atoms with Crippen LogP contribution < -0.4 is 10.5 Å². The molecule has 15 heavy (non-hydrogen) atoms. The molecule has 84 valence electrons. The van der Waals surface area contributed by atoms with Gasteiger partial charge in [-0.25, -0.2) is 4.68 Å². The number of aromatic nitrogens is 2. The first-order valence-corrected chi connectivity index (χ1v) is 5.68. The summed E-state index contributed by atoms with van der Waals surface area (Å²) in [5, 5.41) is 4.36. The molecule has 1 aromatic heterocycles. The fraction of sp³-hybridized carbons (Fsp3) is 0.727. The van der Waals surface area contributed by atoms with Crippen LogP contribution in [-0.4, -0.2) is 16.4 Å². The summed E-state index contributed by atoms with van der Waals surface area (Å²) in [7, 11) is 0. The first-order chi connectivity index (χ1) is 7.22. The number of nitrogen functional groups attached to an aromatic ring is 1. The van der Waals surface area contributed by atoms with Gasteiger partial charge in [0, 0.05) is 6.54 Å². The summed E-state index contributed by atoms with van der Waals surface area (Å²) in [5.41, 5.74) is 7.50. The fourth-order valence-corrected chi connectivity index (χ4v) is 1.57. The molecule has 0 atom stereocenters. The van der Waals surface area contributed by atoms with Crippen molar-refractivity contribution < 1.29 is 4.74 Å². The predicted molar refractivity (Wildman–Crippen MR) is 59.9 cm³/mol. The first kappa shape index (κ1) is 10.3. The molecule has 0 spiro atoms. The monoisotopic (exact) mass is 209 g/mol. The molecule has 0 radical (unpaired) electrons. The van der Waals surface area contributed by atoms with E-state index in [0.717, 1.165) is 37.1 Å². The maximum absolute atomic E-state index is 5.93. The summed E-state index contributed by atoms with van der Waals surface area (Å²) in [4.78, 5) is 0. The number of nitrogens with zero attached hydrogens (tertiary/aromatic N) is 2. The summed E-state index contributed by atoms with van der Waals surface area (Å²) >= 11 is 0. The van der Waals surface area contributed by atoms with Crippen LogP contribution >= 0.6 is 0 Å². The zero-order chi connectivity index (χ0) is 10.8. The van der Waals surface area contributed by atoms with Crippen LogP contribution in [0.4, 0.5) is 5.69 Å². The van der Waals surface area contributed by atoms with Crippen LogP contribution in [0.1, 0.15) is 31.9 Å². The Morgan fingerprint density at radius 2 is 2.27 bits per heavy atom. The summed E-state index contributed by atoms with van der Waals surface area (Å²) < 4.78 is 7.62. The number of nitrogens with two attached hydrogens (primary N) is 1. The molecule has 1 aliphatic rings. The molecule has 0 saturated heterocycles. The second-order valence-corrected chi connectivity index (χ2v) is 4.28. The van der Waals surface area contributed by atoms with E-state index in [1.807, 2.05) is 11.6 Å². The molecule has 2 rings (SSSR count). The highest BCUT2D eigenvalue weighted by Gasteiger charge is 2.23. The van der Waals surface area contributed by atoms with E-state index < -0.39 is 0 Å². The minimum atomic E-state index is 0.698. The summed E-state index contributed by atoms with van der Waals surface area (Å²) in [6, 6.07) is 0. The van der Waals surface area contributed by atoms with Gasteiger partial charge in [0.25, 0.3) is 0 Å². The van der Waals surface area contributed by atoms with Crippen LogP contribution in [0.3, 0.4) is 0 Å². The summed E-state index contributed by atoms with van der Waals surface area (Å²) in [6.45, 7) is 5.71. The lowest BCUT2D eigenvalue weighted by molar-refractivity contribution is 0.269. The van der Waals surface area contributed by atoms with E-state index >= 15 is 0 Å². The normalized spacial score (nSPS) is 15.6. The van der Waals surface area contributed by atoms with Gasteiger partial charge in [0.15, 0.2) is 0 Å². The van der Waals surface area contributed by atoms with Gasteiger partial charge in [0.1, 0.15) is 5.69 Å². The second-order valence-electron chi connectivity index (χ2n) is 4.28. The lowest BCUT2D eigenvalue weighted by atomic mass is 10.4. The summed E-state index contributed by atoms with van der Waals surface area (Å²) in [5.74, 6) is 1.51. The van der Waals surface area contributed by atoms with Gasteiger partial charge in [0.2, 0.25) is 5.88 Å². The average Bonchev–Trinajstić information content (AvgIpc) is 2.97. The molecule has 0 aromatic carbocycles. The Morgan fingerprint density at radius 3 is 2.87 bits per heavy atom. The fourth-order valence-electron chi connectivity index (χ4n) is 1.57. The third-order valence-corrected chi connectivity index (χ3v) is 2.71. The van der Waals surface area contributed by atoms with Crippen molar-refractivity contribution >= 4 is 5.69 Å². The second kappa shape index (κ2) is 4.13. The topological polar surface area (TPSA) is 53.1 Å². The summed E-state index contributed by atoms with van der Waals surface area (Å²) in [6.07, 6.45) is 3.63. The molecule has 1 aliphatic carbocycles. The van der Waals surface area contributed by atoms with Gasteiger partial charge in [-0.1, -0.05) is 6.92 Å². The van der Waals surface area contributed by atoms with Crippen LogP contribution in [0.25, 0.3) is 0 Å². The molecule has 4 nitrogen and oxygen atoms in total. The number of hydrogen-bond acceptors (Lipinski definition) is 3. The lowest BCUT2D eigenvalue weighted by Gasteiger charge is -2.08.